The Morgan fingerprint density at radius 3 is 2.65 bits per heavy atom. The molecule has 0 amide bonds. The quantitative estimate of drug-likeness (QED) is 0.829. The summed E-state index contributed by atoms with van der Waals surface area (Å²) < 4.78 is 42.2. The summed E-state index contributed by atoms with van der Waals surface area (Å²) in [5.74, 6) is -1.96. The predicted octanol–water partition coefficient (Wildman–Crippen LogP) is 4.28. The number of allylic oxidation sites excluding steroid dienone is 5. The molecule has 0 aromatic carbocycles. The van der Waals surface area contributed by atoms with Gasteiger partial charge in [0.2, 0.25) is 0 Å². The van der Waals surface area contributed by atoms with Crippen molar-refractivity contribution in [1.82, 2.24) is 10.2 Å². The van der Waals surface area contributed by atoms with E-state index in [9.17, 15) is 13.2 Å². The predicted molar refractivity (Wildman–Crippen MR) is 88.0 cm³/mol. The van der Waals surface area contributed by atoms with Gasteiger partial charge < -0.3 is 10.2 Å². The number of hydrogen-bond acceptors (Lipinski definition) is 2. The molecule has 130 valence electrons. The molecule has 0 saturated carbocycles. The molecule has 5 heteroatoms. The SMILES string of the molecule is CC1C(F)=C2NCCCC(CCN(C)C)C2=CC/C(CF)=C\1F. The molecule has 1 saturated heterocycles. The average molecular weight is 328 g/mol. The molecular weight excluding hydrogens is 301 g/mol. The molecule has 2 atom stereocenters. The molecule has 1 aliphatic carbocycles. The van der Waals surface area contributed by atoms with Crippen molar-refractivity contribution in [2.45, 2.75) is 32.6 Å². The van der Waals surface area contributed by atoms with E-state index in [1.165, 1.54) is 6.92 Å². The van der Waals surface area contributed by atoms with Crippen molar-refractivity contribution in [3.05, 3.63) is 34.6 Å². The van der Waals surface area contributed by atoms with Crippen LogP contribution in [0.1, 0.15) is 32.6 Å². The number of alkyl halides is 1. The number of nitrogens with one attached hydrogen (secondary N) is 1. The van der Waals surface area contributed by atoms with E-state index in [1.807, 2.05) is 20.2 Å². The van der Waals surface area contributed by atoms with Crippen molar-refractivity contribution >= 4 is 0 Å². The van der Waals surface area contributed by atoms with E-state index in [0.29, 0.717) is 12.2 Å². The summed E-state index contributed by atoms with van der Waals surface area (Å²) in [7, 11) is 4.03. The second kappa shape index (κ2) is 8.04. The fourth-order valence-corrected chi connectivity index (χ4v) is 3.31. The number of nitrogens with zero attached hydrogens (tertiary/aromatic N) is 1. The van der Waals surface area contributed by atoms with Crippen molar-refractivity contribution < 1.29 is 13.2 Å². The molecule has 0 bridgehead atoms. The first kappa shape index (κ1) is 18.1. The number of fused-ring (bicyclic) bond motifs is 1. The summed E-state index contributed by atoms with van der Waals surface area (Å²) in [4.78, 5) is 2.11. The van der Waals surface area contributed by atoms with Gasteiger partial charge in [-0.25, -0.2) is 13.2 Å². The molecule has 0 aromatic heterocycles. The second-order valence-corrected chi connectivity index (χ2v) is 6.75. The van der Waals surface area contributed by atoms with Crippen LogP contribution in [0.5, 0.6) is 0 Å². The van der Waals surface area contributed by atoms with Crippen molar-refractivity contribution in [3.8, 4) is 0 Å². The second-order valence-electron chi connectivity index (χ2n) is 6.75. The Morgan fingerprint density at radius 2 is 2.00 bits per heavy atom. The van der Waals surface area contributed by atoms with E-state index in [-0.39, 0.29) is 17.9 Å². The summed E-state index contributed by atoms with van der Waals surface area (Å²) in [6.07, 6.45) is 4.89. The van der Waals surface area contributed by atoms with Crippen LogP contribution in [0.25, 0.3) is 0 Å². The maximum absolute atomic E-state index is 14.8. The van der Waals surface area contributed by atoms with Crippen LogP contribution in [0, 0.1) is 11.8 Å². The van der Waals surface area contributed by atoms with Gasteiger partial charge in [-0.05, 0) is 70.3 Å². The summed E-state index contributed by atoms with van der Waals surface area (Å²) in [6, 6.07) is 0. The largest absolute Gasteiger partial charge is 0.383 e. The lowest BCUT2D eigenvalue weighted by atomic mass is 9.85. The first-order chi connectivity index (χ1) is 11.0. The highest BCUT2D eigenvalue weighted by molar-refractivity contribution is 5.40. The summed E-state index contributed by atoms with van der Waals surface area (Å²) in [6.45, 7) is 2.20. The lowest BCUT2D eigenvalue weighted by Gasteiger charge is -2.25. The number of halogens is 3. The molecule has 2 aliphatic rings. The molecule has 1 aliphatic heterocycles. The lowest BCUT2D eigenvalue weighted by molar-refractivity contribution is 0.359. The van der Waals surface area contributed by atoms with Crippen LogP contribution < -0.4 is 5.32 Å². The van der Waals surface area contributed by atoms with Crippen LogP contribution in [-0.2, 0) is 0 Å². The average Bonchev–Trinajstić information content (AvgIpc) is 2.73. The molecule has 2 nitrogen and oxygen atoms in total. The van der Waals surface area contributed by atoms with Crippen LogP contribution in [0.15, 0.2) is 34.6 Å². The highest BCUT2D eigenvalue weighted by atomic mass is 19.1. The van der Waals surface area contributed by atoms with Gasteiger partial charge >= 0.3 is 0 Å². The van der Waals surface area contributed by atoms with Crippen molar-refractivity contribution in [2.75, 3.05) is 33.9 Å². The van der Waals surface area contributed by atoms with Crippen LogP contribution in [0.3, 0.4) is 0 Å². The molecular formula is C18H27F3N2. The summed E-state index contributed by atoms with van der Waals surface area (Å²) in [5.41, 5.74) is 1.40. The van der Waals surface area contributed by atoms with E-state index in [1.54, 1.807) is 0 Å². The maximum atomic E-state index is 14.8. The van der Waals surface area contributed by atoms with E-state index in [0.717, 1.165) is 31.4 Å². The van der Waals surface area contributed by atoms with E-state index in [2.05, 4.69) is 10.2 Å². The molecule has 1 N–H and O–H groups in total. The molecule has 2 rings (SSSR count). The Hall–Kier alpha value is -1.23. The van der Waals surface area contributed by atoms with Crippen molar-refractivity contribution in [3.63, 3.8) is 0 Å². The Morgan fingerprint density at radius 1 is 1.26 bits per heavy atom. The zero-order valence-corrected chi connectivity index (χ0v) is 14.3. The highest BCUT2D eigenvalue weighted by Gasteiger charge is 2.30. The van der Waals surface area contributed by atoms with Gasteiger partial charge in [0.15, 0.2) is 0 Å². The fourth-order valence-electron chi connectivity index (χ4n) is 3.31. The van der Waals surface area contributed by atoms with E-state index >= 15 is 0 Å². The zero-order chi connectivity index (χ0) is 17.0. The van der Waals surface area contributed by atoms with Gasteiger partial charge in [0.05, 0.1) is 11.6 Å². The van der Waals surface area contributed by atoms with Crippen LogP contribution in [-0.4, -0.2) is 38.8 Å². The Labute approximate surface area is 137 Å². The first-order valence-corrected chi connectivity index (χ1v) is 8.37. The molecule has 0 radical (unpaired) electrons. The molecule has 1 heterocycles. The van der Waals surface area contributed by atoms with Gasteiger partial charge in [-0.2, -0.15) is 0 Å². The van der Waals surface area contributed by atoms with Crippen molar-refractivity contribution in [1.29, 1.82) is 0 Å². The third-order valence-corrected chi connectivity index (χ3v) is 4.75. The fraction of sp³-hybridized carbons (Fsp3) is 0.667. The molecule has 1 fully saturated rings. The zero-order valence-electron chi connectivity index (χ0n) is 14.3. The molecule has 2 unspecified atom stereocenters. The topological polar surface area (TPSA) is 15.3 Å². The normalized spacial score (nSPS) is 29.4. The van der Waals surface area contributed by atoms with Crippen LogP contribution >= 0.6 is 0 Å². The highest BCUT2D eigenvalue weighted by Crippen LogP contribution is 2.38. The Balaban J connectivity index is 2.41. The minimum atomic E-state index is -1.01. The third-order valence-electron chi connectivity index (χ3n) is 4.75. The monoisotopic (exact) mass is 328 g/mol. The Bertz CT molecular complexity index is 520. The lowest BCUT2D eigenvalue weighted by Crippen LogP contribution is -2.22. The first-order valence-electron chi connectivity index (χ1n) is 8.37. The minimum Gasteiger partial charge on any atom is -0.383 e. The number of rotatable bonds is 4. The maximum Gasteiger partial charge on any atom is 0.133 e. The molecule has 0 spiro atoms. The van der Waals surface area contributed by atoms with Crippen molar-refractivity contribution in [2.24, 2.45) is 11.8 Å². The van der Waals surface area contributed by atoms with Crippen LogP contribution in [0.4, 0.5) is 13.2 Å². The van der Waals surface area contributed by atoms with Crippen LogP contribution in [0.2, 0.25) is 0 Å². The van der Waals surface area contributed by atoms with Gasteiger partial charge in [-0.3, -0.25) is 0 Å². The third kappa shape index (κ3) is 4.19. The van der Waals surface area contributed by atoms with E-state index in [4.69, 9.17) is 0 Å². The minimum absolute atomic E-state index is 0.0646. The standard InChI is InChI=1S/C18H27F3N2/c1-12-16(20)14(11-19)6-7-15-13(8-10-23(2)3)5-4-9-22-18(15)17(12)21/h7,12-13,22H,4-6,8-11H2,1-3H3/b15-7?,16-14-,18-17?. The Kier molecular flexibility index (Phi) is 6.33. The van der Waals surface area contributed by atoms with Gasteiger partial charge in [0.25, 0.3) is 0 Å². The summed E-state index contributed by atoms with van der Waals surface area (Å²) >= 11 is 0. The van der Waals surface area contributed by atoms with E-state index < -0.39 is 24.2 Å². The smallest absolute Gasteiger partial charge is 0.133 e. The molecule has 0 aromatic rings. The summed E-state index contributed by atoms with van der Waals surface area (Å²) in [5, 5.41) is 3.14. The van der Waals surface area contributed by atoms with Gasteiger partial charge in [-0.1, -0.05) is 6.08 Å². The number of hydrogen-bond donors (Lipinski definition) is 1. The molecule has 23 heavy (non-hydrogen) atoms. The van der Waals surface area contributed by atoms with Gasteiger partial charge in [0, 0.05) is 6.54 Å². The van der Waals surface area contributed by atoms with Gasteiger partial charge in [-0.15, -0.1) is 0 Å². The van der Waals surface area contributed by atoms with Gasteiger partial charge in [0.1, 0.15) is 18.3 Å².